The normalized spacial score (nSPS) is 10.7. The van der Waals surface area contributed by atoms with Gasteiger partial charge in [-0.1, -0.05) is 30.3 Å². The summed E-state index contributed by atoms with van der Waals surface area (Å²) in [6.45, 7) is 3.54. The first-order valence-electron chi connectivity index (χ1n) is 6.93. The van der Waals surface area contributed by atoms with Crippen molar-refractivity contribution in [3.63, 3.8) is 0 Å². The molecule has 0 unspecified atom stereocenters. The van der Waals surface area contributed by atoms with Crippen molar-refractivity contribution in [1.29, 1.82) is 0 Å². The fourth-order valence-corrected chi connectivity index (χ4v) is 3.04. The number of rotatable bonds is 5. The molecular weight excluding hydrogens is 278 g/mol. The van der Waals surface area contributed by atoms with Crippen LogP contribution in [-0.2, 0) is 13.1 Å². The van der Waals surface area contributed by atoms with Crippen LogP contribution in [-0.4, -0.2) is 9.97 Å². The van der Waals surface area contributed by atoms with E-state index in [4.69, 9.17) is 0 Å². The molecule has 2 heterocycles. The Morgan fingerprint density at radius 2 is 1.81 bits per heavy atom. The summed E-state index contributed by atoms with van der Waals surface area (Å²) in [7, 11) is 0. The molecule has 3 aromatic rings. The molecule has 21 heavy (non-hydrogen) atoms. The number of thiophene rings is 1. The highest BCUT2D eigenvalue weighted by atomic mass is 32.1. The molecule has 0 fully saturated rings. The van der Waals surface area contributed by atoms with Crippen LogP contribution in [0.3, 0.4) is 0 Å². The molecule has 106 valence electrons. The smallest absolute Gasteiger partial charge is 0.0724 e. The van der Waals surface area contributed by atoms with Crippen molar-refractivity contribution in [3.05, 3.63) is 71.1 Å². The lowest BCUT2D eigenvalue weighted by molar-refractivity contribution is 0.682. The Hall–Kier alpha value is -2.04. The van der Waals surface area contributed by atoms with E-state index in [2.05, 4.69) is 51.7 Å². The quantitative estimate of drug-likeness (QED) is 0.778. The van der Waals surface area contributed by atoms with Gasteiger partial charge in [0, 0.05) is 35.2 Å². The minimum atomic E-state index is 0.742. The molecular formula is C17H17N3S. The zero-order chi connectivity index (χ0) is 14.5. The molecule has 0 amide bonds. The van der Waals surface area contributed by atoms with Gasteiger partial charge in [-0.2, -0.15) is 0 Å². The van der Waals surface area contributed by atoms with Gasteiger partial charge in [-0.15, -0.1) is 11.3 Å². The van der Waals surface area contributed by atoms with E-state index in [-0.39, 0.29) is 0 Å². The van der Waals surface area contributed by atoms with Gasteiger partial charge in [0.15, 0.2) is 0 Å². The maximum absolute atomic E-state index is 4.34. The lowest BCUT2D eigenvalue weighted by atomic mass is 10.2. The highest BCUT2D eigenvalue weighted by Crippen LogP contribution is 2.27. The van der Waals surface area contributed by atoms with Gasteiger partial charge in [0.05, 0.1) is 11.4 Å². The van der Waals surface area contributed by atoms with E-state index >= 15 is 0 Å². The predicted molar refractivity (Wildman–Crippen MR) is 87.1 cm³/mol. The lowest BCUT2D eigenvalue weighted by Crippen LogP contribution is -2.13. The second-order valence-electron chi connectivity index (χ2n) is 4.88. The van der Waals surface area contributed by atoms with E-state index in [0.717, 1.165) is 24.5 Å². The lowest BCUT2D eigenvalue weighted by Gasteiger charge is -2.02. The van der Waals surface area contributed by atoms with Gasteiger partial charge in [0.2, 0.25) is 0 Å². The molecule has 4 heteroatoms. The van der Waals surface area contributed by atoms with Gasteiger partial charge < -0.3 is 5.32 Å². The second-order valence-corrected chi connectivity index (χ2v) is 6.05. The summed E-state index contributed by atoms with van der Waals surface area (Å²) in [4.78, 5) is 11.2. The summed E-state index contributed by atoms with van der Waals surface area (Å²) in [5.41, 5.74) is 3.20. The zero-order valence-electron chi connectivity index (χ0n) is 11.9. The Balaban J connectivity index is 1.57. The van der Waals surface area contributed by atoms with Gasteiger partial charge in [0.1, 0.15) is 0 Å². The van der Waals surface area contributed by atoms with E-state index in [1.165, 1.54) is 15.3 Å². The molecule has 0 atom stereocenters. The molecule has 0 bridgehead atoms. The second kappa shape index (κ2) is 6.61. The molecule has 3 nitrogen and oxygen atoms in total. The molecule has 0 radical (unpaired) electrons. The molecule has 1 aromatic carbocycles. The van der Waals surface area contributed by atoms with E-state index in [1.54, 1.807) is 6.20 Å². The molecule has 0 spiro atoms. The van der Waals surface area contributed by atoms with Crippen LogP contribution in [0, 0.1) is 6.92 Å². The number of hydrogen-bond acceptors (Lipinski definition) is 4. The number of hydrogen-bond donors (Lipinski definition) is 1. The summed E-state index contributed by atoms with van der Waals surface area (Å²) in [5.74, 6) is 0. The van der Waals surface area contributed by atoms with Crippen LogP contribution in [0.2, 0.25) is 0 Å². The number of aromatic nitrogens is 2. The molecule has 0 saturated heterocycles. The SMILES string of the molecule is Cc1cnc(CNCc2ccc(-c3ccccc3)s2)cn1. The number of aryl methyl sites for hydroxylation is 1. The average Bonchev–Trinajstić information content (AvgIpc) is 2.99. The van der Waals surface area contributed by atoms with Gasteiger partial charge in [0.25, 0.3) is 0 Å². The number of nitrogens with zero attached hydrogens (tertiary/aromatic N) is 2. The monoisotopic (exact) mass is 295 g/mol. The average molecular weight is 295 g/mol. The van der Waals surface area contributed by atoms with Gasteiger partial charge in [-0.25, -0.2) is 0 Å². The minimum absolute atomic E-state index is 0.742. The topological polar surface area (TPSA) is 37.8 Å². The Morgan fingerprint density at radius 3 is 2.57 bits per heavy atom. The third-order valence-electron chi connectivity index (χ3n) is 3.16. The molecule has 0 saturated carbocycles. The van der Waals surface area contributed by atoms with Crippen LogP contribution in [0.25, 0.3) is 10.4 Å². The largest absolute Gasteiger partial charge is 0.306 e. The first-order chi connectivity index (χ1) is 10.3. The van der Waals surface area contributed by atoms with Crippen LogP contribution in [0.1, 0.15) is 16.3 Å². The van der Waals surface area contributed by atoms with Crippen LogP contribution in [0.4, 0.5) is 0 Å². The van der Waals surface area contributed by atoms with E-state index < -0.39 is 0 Å². The van der Waals surface area contributed by atoms with Gasteiger partial charge in [-0.05, 0) is 24.6 Å². The summed E-state index contributed by atoms with van der Waals surface area (Å²) in [5, 5.41) is 3.41. The molecule has 0 aliphatic heterocycles. The van der Waals surface area contributed by atoms with E-state index in [1.807, 2.05) is 30.5 Å². The molecule has 0 aliphatic carbocycles. The molecule has 3 rings (SSSR count). The first-order valence-corrected chi connectivity index (χ1v) is 7.75. The van der Waals surface area contributed by atoms with Crippen molar-refractivity contribution in [2.24, 2.45) is 0 Å². The maximum atomic E-state index is 4.34. The van der Waals surface area contributed by atoms with Crippen molar-refractivity contribution in [2.45, 2.75) is 20.0 Å². The van der Waals surface area contributed by atoms with E-state index in [0.29, 0.717) is 0 Å². The standard InChI is InChI=1S/C17H17N3S/c1-13-9-20-15(11-19-13)10-18-12-16-7-8-17(21-16)14-5-3-2-4-6-14/h2-9,11,18H,10,12H2,1H3. The fraction of sp³-hybridized carbons (Fsp3) is 0.176. The Morgan fingerprint density at radius 1 is 0.952 bits per heavy atom. The third kappa shape index (κ3) is 3.74. The highest BCUT2D eigenvalue weighted by Gasteiger charge is 2.02. The summed E-state index contributed by atoms with van der Waals surface area (Å²) < 4.78 is 0. The van der Waals surface area contributed by atoms with Crippen LogP contribution in [0.15, 0.2) is 54.9 Å². The van der Waals surface area contributed by atoms with Crippen LogP contribution in [0.5, 0.6) is 0 Å². The van der Waals surface area contributed by atoms with Crippen LogP contribution < -0.4 is 5.32 Å². The minimum Gasteiger partial charge on any atom is -0.306 e. The van der Waals surface area contributed by atoms with Gasteiger partial charge in [-0.3, -0.25) is 9.97 Å². The van der Waals surface area contributed by atoms with E-state index in [9.17, 15) is 0 Å². The van der Waals surface area contributed by atoms with Crippen molar-refractivity contribution in [2.75, 3.05) is 0 Å². The Kier molecular flexibility index (Phi) is 4.38. The van der Waals surface area contributed by atoms with Crippen molar-refractivity contribution < 1.29 is 0 Å². The Bertz CT molecular complexity index is 690. The van der Waals surface area contributed by atoms with Crippen LogP contribution >= 0.6 is 11.3 Å². The fourth-order valence-electron chi connectivity index (χ4n) is 2.05. The van der Waals surface area contributed by atoms with Crippen molar-refractivity contribution >= 4 is 11.3 Å². The first kappa shape index (κ1) is 13.9. The number of benzene rings is 1. The number of nitrogens with one attached hydrogen (secondary N) is 1. The molecule has 0 aliphatic rings. The Labute approximate surface area is 128 Å². The highest BCUT2D eigenvalue weighted by molar-refractivity contribution is 7.15. The summed E-state index contributed by atoms with van der Waals surface area (Å²) in [6.07, 6.45) is 3.63. The third-order valence-corrected chi connectivity index (χ3v) is 4.29. The zero-order valence-corrected chi connectivity index (χ0v) is 12.7. The van der Waals surface area contributed by atoms with Crippen molar-refractivity contribution in [1.82, 2.24) is 15.3 Å². The molecule has 2 aromatic heterocycles. The maximum Gasteiger partial charge on any atom is 0.0724 e. The summed E-state index contributed by atoms with van der Waals surface area (Å²) in [6, 6.07) is 14.8. The van der Waals surface area contributed by atoms with Crippen molar-refractivity contribution in [3.8, 4) is 10.4 Å². The van der Waals surface area contributed by atoms with Gasteiger partial charge >= 0.3 is 0 Å². The predicted octanol–water partition coefficient (Wildman–Crippen LogP) is 3.80. The molecule has 1 N–H and O–H groups in total. The summed E-state index contributed by atoms with van der Waals surface area (Å²) >= 11 is 1.83.